The smallest absolute Gasteiger partial charge is 0.122 e. The maximum atomic E-state index is 8.32. The molecule has 0 aromatic carbocycles. The third-order valence-electron chi connectivity index (χ3n) is 0.981. The molecule has 0 fully saturated rings. The number of nitrogens with two attached hydrogens (primary N) is 1. The second kappa shape index (κ2) is 2.23. The molecule has 0 amide bonds. The number of rotatable bonds is 0. The van der Waals surface area contributed by atoms with Crippen LogP contribution in [0.25, 0.3) is 0 Å². The molecule has 0 saturated carbocycles. The van der Waals surface area contributed by atoms with E-state index in [0.717, 1.165) is 8.20 Å². The largest absolute Gasteiger partial charge is 0.319 e. The second-order valence-corrected chi connectivity index (χ2v) is 2.69. The molecule has 1 aliphatic rings. The summed E-state index contributed by atoms with van der Waals surface area (Å²) in [6.45, 7) is 0. The van der Waals surface area contributed by atoms with Gasteiger partial charge in [0.1, 0.15) is 6.04 Å². The molecule has 42 valence electrons. The van der Waals surface area contributed by atoms with Crippen LogP contribution in [0.15, 0.2) is 0 Å². The molecule has 8 heavy (non-hydrogen) atoms. The quantitative estimate of drug-likeness (QED) is 0.430. The number of hydrogen-bond donors (Lipinski definition) is 2. The van der Waals surface area contributed by atoms with Crippen molar-refractivity contribution in [3.8, 4) is 6.07 Å². The first-order valence-corrected chi connectivity index (χ1v) is 3.31. The number of nitrogens with one attached hydrogen (secondary N) is 1. The van der Waals surface area contributed by atoms with Crippen molar-refractivity contribution in [3.05, 3.63) is 0 Å². The van der Waals surface area contributed by atoms with E-state index in [1.54, 1.807) is 5.92 Å². The molecule has 0 saturated heterocycles. The lowest BCUT2D eigenvalue weighted by molar-refractivity contribution is 0.734. The fourth-order valence-corrected chi connectivity index (χ4v) is 1.25. The van der Waals surface area contributed by atoms with E-state index >= 15 is 0 Å². The van der Waals surface area contributed by atoms with Gasteiger partial charge in [0.25, 0.3) is 0 Å². The van der Waals surface area contributed by atoms with E-state index in [4.69, 9.17) is 11.0 Å². The summed E-state index contributed by atoms with van der Waals surface area (Å²) in [7, 11) is 1.02. The van der Waals surface area contributed by atoms with Crippen LogP contribution in [-0.2, 0) is 0 Å². The fraction of sp³-hybridized carbons (Fsp3) is 0.500. The molecule has 3 nitrogen and oxygen atoms in total. The average molecular weight is 127 g/mol. The summed E-state index contributed by atoms with van der Waals surface area (Å²) in [4.78, 5) is 0. The molecule has 0 radical (unpaired) electrons. The highest BCUT2D eigenvalue weighted by Crippen LogP contribution is 2.09. The first-order valence-electron chi connectivity index (χ1n) is 2.27. The van der Waals surface area contributed by atoms with Gasteiger partial charge in [-0.3, -0.25) is 5.32 Å². The van der Waals surface area contributed by atoms with E-state index in [-0.39, 0.29) is 11.8 Å². The van der Waals surface area contributed by atoms with Gasteiger partial charge in [0.15, 0.2) is 0 Å². The fourth-order valence-electron chi connectivity index (χ4n) is 0.508. The van der Waals surface area contributed by atoms with Crippen LogP contribution in [0.5, 0.6) is 0 Å². The molecular formula is C4H6N3P. The van der Waals surface area contributed by atoms with Crippen molar-refractivity contribution in [2.75, 3.05) is 0 Å². The van der Waals surface area contributed by atoms with Crippen LogP contribution in [0.4, 0.5) is 0 Å². The van der Waals surface area contributed by atoms with E-state index in [9.17, 15) is 0 Å². The standard InChI is InChI=1S/C4H6N3P/c5-1-3-4(6)8-2-7-3/h2-4,7H,6H2. The number of hydrogen-bond acceptors (Lipinski definition) is 3. The summed E-state index contributed by atoms with van der Waals surface area (Å²) in [6.07, 6.45) is 0. The molecule has 1 aliphatic heterocycles. The van der Waals surface area contributed by atoms with Crippen LogP contribution >= 0.6 is 8.20 Å². The molecule has 0 spiro atoms. The highest BCUT2D eigenvalue weighted by atomic mass is 31.1. The Morgan fingerprint density at radius 3 is 2.88 bits per heavy atom. The minimum Gasteiger partial charge on any atom is -0.319 e. The van der Waals surface area contributed by atoms with Crippen LogP contribution in [0, 0.1) is 11.3 Å². The van der Waals surface area contributed by atoms with E-state index in [2.05, 4.69) is 5.32 Å². The van der Waals surface area contributed by atoms with Crippen molar-refractivity contribution in [1.29, 1.82) is 5.26 Å². The molecule has 2 unspecified atom stereocenters. The van der Waals surface area contributed by atoms with Crippen molar-refractivity contribution < 1.29 is 0 Å². The van der Waals surface area contributed by atoms with Gasteiger partial charge in [0.05, 0.1) is 11.9 Å². The Kier molecular flexibility index (Phi) is 1.59. The maximum absolute atomic E-state index is 8.32. The van der Waals surface area contributed by atoms with Gasteiger partial charge in [0.2, 0.25) is 0 Å². The summed E-state index contributed by atoms with van der Waals surface area (Å²) < 4.78 is 0. The molecule has 3 N–H and O–H groups in total. The Hall–Kier alpha value is -0.420. The molecule has 1 heterocycles. The van der Waals surface area contributed by atoms with E-state index < -0.39 is 0 Å². The predicted molar refractivity (Wildman–Crippen MR) is 33.5 cm³/mol. The first kappa shape index (κ1) is 5.71. The Labute approximate surface area is 49.3 Å². The highest BCUT2D eigenvalue weighted by molar-refractivity contribution is 7.39. The number of nitrogens with zero attached hydrogens (tertiary/aromatic N) is 1. The van der Waals surface area contributed by atoms with Crippen LogP contribution < -0.4 is 11.1 Å². The van der Waals surface area contributed by atoms with Gasteiger partial charge >= 0.3 is 0 Å². The van der Waals surface area contributed by atoms with E-state index in [1.807, 2.05) is 6.07 Å². The number of nitriles is 1. The molecule has 4 heteroatoms. The van der Waals surface area contributed by atoms with Crippen molar-refractivity contribution in [2.24, 2.45) is 5.73 Å². The molecule has 0 aromatic heterocycles. The molecule has 2 atom stereocenters. The predicted octanol–water partition coefficient (Wildman–Crippen LogP) is -0.528. The summed E-state index contributed by atoms with van der Waals surface area (Å²) in [5.74, 6) is 1.78. The van der Waals surface area contributed by atoms with Gasteiger partial charge in [-0.15, -0.1) is 0 Å². The Morgan fingerprint density at radius 2 is 2.62 bits per heavy atom. The normalized spacial score (nSPS) is 37.0. The van der Waals surface area contributed by atoms with Crippen molar-refractivity contribution in [3.63, 3.8) is 0 Å². The van der Waals surface area contributed by atoms with Gasteiger partial charge in [-0.2, -0.15) is 5.26 Å². The third kappa shape index (κ3) is 0.873. The van der Waals surface area contributed by atoms with Crippen molar-refractivity contribution >= 4 is 14.1 Å². The molecule has 0 bridgehead atoms. The second-order valence-electron chi connectivity index (χ2n) is 1.54. The van der Waals surface area contributed by atoms with Crippen molar-refractivity contribution in [2.45, 2.75) is 11.8 Å². The van der Waals surface area contributed by atoms with Gasteiger partial charge in [-0.1, -0.05) is 8.20 Å². The van der Waals surface area contributed by atoms with Gasteiger partial charge in [-0.25, -0.2) is 0 Å². The molecule has 0 aliphatic carbocycles. The lowest BCUT2D eigenvalue weighted by Crippen LogP contribution is -2.34. The summed E-state index contributed by atoms with van der Waals surface area (Å²) in [5.41, 5.74) is 5.46. The average Bonchev–Trinajstić information content (AvgIpc) is 2.14. The minimum absolute atomic E-state index is 0.0278. The summed E-state index contributed by atoms with van der Waals surface area (Å²) in [6, 6.07) is 1.87. The van der Waals surface area contributed by atoms with Crippen LogP contribution in [0.1, 0.15) is 0 Å². The van der Waals surface area contributed by atoms with E-state index in [0.29, 0.717) is 0 Å². The monoisotopic (exact) mass is 127 g/mol. The van der Waals surface area contributed by atoms with Crippen LogP contribution in [0.3, 0.4) is 0 Å². The maximum Gasteiger partial charge on any atom is 0.122 e. The summed E-state index contributed by atoms with van der Waals surface area (Å²) >= 11 is 0. The molecule has 0 aromatic rings. The van der Waals surface area contributed by atoms with Gasteiger partial charge in [0, 0.05) is 5.92 Å². The van der Waals surface area contributed by atoms with Crippen LogP contribution in [0.2, 0.25) is 0 Å². The van der Waals surface area contributed by atoms with E-state index in [1.165, 1.54) is 0 Å². The topological polar surface area (TPSA) is 61.8 Å². The lowest BCUT2D eigenvalue weighted by atomic mass is 10.3. The van der Waals surface area contributed by atoms with Gasteiger partial charge in [-0.05, 0) is 0 Å². The Morgan fingerprint density at radius 1 is 1.88 bits per heavy atom. The first-order chi connectivity index (χ1) is 3.84. The zero-order chi connectivity index (χ0) is 5.98. The zero-order valence-electron chi connectivity index (χ0n) is 4.20. The zero-order valence-corrected chi connectivity index (χ0v) is 5.10. The molecular weight excluding hydrogens is 121 g/mol. The SMILES string of the molecule is N#CC1NC=PC1N. The third-order valence-corrected chi connectivity index (χ3v) is 1.92. The minimum atomic E-state index is -0.170. The Bertz CT molecular complexity index is 148. The van der Waals surface area contributed by atoms with Gasteiger partial charge < -0.3 is 5.73 Å². The highest BCUT2D eigenvalue weighted by Gasteiger charge is 2.17. The van der Waals surface area contributed by atoms with Crippen molar-refractivity contribution in [1.82, 2.24) is 5.32 Å². The van der Waals surface area contributed by atoms with Crippen LogP contribution in [-0.4, -0.2) is 17.7 Å². The molecule has 1 rings (SSSR count). The lowest BCUT2D eigenvalue weighted by Gasteiger charge is -2.02. The summed E-state index contributed by atoms with van der Waals surface area (Å²) in [5, 5.41) is 11.2. The Balaban J connectivity index is 2.54.